The molecule has 1 atom stereocenters. The van der Waals surface area contributed by atoms with Crippen molar-refractivity contribution in [3.8, 4) is 0 Å². The standard InChI is InChI=1S/C15H18FN3S/c1-2-19-10-17-8-12(19)9-18-14-5-6-20-15-4-3-11(16)7-13(14)15/h3-4,7-8,10,14,18H,2,5-6,9H2,1H3. The van der Waals surface area contributed by atoms with Crippen molar-refractivity contribution in [2.24, 2.45) is 0 Å². The zero-order valence-electron chi connectivity index (χ0n) is 11.5. The monoisotopic (exact) mass is 291 g/mol. The van der Waals surface area contributed by atoms with Crippen molar-refractivity contribution in [1.29, 1.82) is 0 Å². The molecular formula is C15H18FN3S. The van der Waals surface area contributed by atoms with Gasteiger partial charge in [-0.2, -0.15) is 0 Å². The number of nitrogens with one attached hydrogen (secondary N) is 1. The summed E-state index contributed by atoms with van der Waals surface area (Å²) >= 11 is 1.81. The molecule has 2 aromatic rings. The lowest BCUT2D eigenvalue weighted by molar-refractivity contribution is 0.491. The van der Waals surface area contributed by atoms with Crippen LogP contribution in [0.25, 0.3) is 0 Å². The molecule has 0 bridgehead atoms. The van der Waals surface area contributed by atoms with Gasteiger partial charge < -0.3 is 9.88 Å². The SMILES string of the molecule is CCn1cncc1CNC1CCSc2ccc(F)cc21. The Labute approximate surface area is 122 Å². The Morgan fingerprint density at radius 1 is 1.50 bits per heavy atom. The largest absolute Gasteiger partial charge is 0.334 e. The second kappa shape index (κ2) is 5.97. The number of hydrogen-bond acceptors (Lipinski definition) is 3. The van der Waals surface area contributed by atoms with Crippen LogP contribution < -0.4 is 5.32 Å². The quantitative estimate of drug-likeness (QED) is 0.936. The van der Waals surface area contributed by atoms with E-state index in [1.54, 1.807) is 12.1 Å². The van der Waals surface area contributed by atoms with Crippen LogP contribution in [0.3, 0.4) is 0 Å². The van der Waals surface area contributed by atoms with Crippen molar-refractivity contribution in [3.63, 3.8) is 0 Å². The van der Waals surface area contributed by atoms with Gasteiger partial charge in [-0.3, -0.25) is 0 Å². The zero-order chi connectivity index (χ0) is 13.9. The first-order chi connectivity index (χ1) is 9.78. The lowest BCUT2D eigenvalue weighted by atomic mass is 10.0. The predicted molar refractivity (Wildman–Crippen MR) is 79.2 cm³/mol. The molecule has 1 N–H and O–H groups in total. The van der Waals surface area contributed by atoms with Crippen LogP contribution in [0.2, 0.25) is 0 Å². The second-order valence-electron chi connectivity index (χ2n) is 4.92. The Morgan fingerprint density at radius 2 is 2.40 bits per heavy atom. The minimum absolute atomic E-state index is 0.156. The third kappa shape index (κ3) is 2.74. The maximum absolute atomic E-state index is 13.4. The van der Waals surface area contributed by atoms with Gasteiger partial charge in [0.2, 0.25) is 0 Å². The van der Waals surface area contributed by atoms with E-state index in [1.807, 2.05) is 30.4 Å². The maximum Gasteiger partial charge on any atom is 0.123 e. The molecule has 3 rings (SSSR count). The lowest BCUT2D eigenvalue weighted by Gasteiger charge is -2.26. The first-order valence-electron chi connectivity index (χ1n) is 6.92. The molecule has 0 fully saturated rings. The highest BCUT2D eigenvalue weighted by Crippen LogP contribution is 2.36. The summed E-state index contributed by atoms with van der Waals surface area (Å²) in [7, 11) is 0. The lowest BCUT2D eigenvalue weighted by Crippen LogP contribution is -2.25. The maximum atomic E-state index is 13.4. The summed E-state index contributed by atoms with van der Waals surface area (Å²) in [4.78, 5) is 5.37. The van der Waals surface area contributed by atoms with Crippen molar-refractivity contribution in [2.75, 3.05) is 5.75 Å². The first kappa shape index (κ1) is 13.6. The molecule has 20 heavy (non-hydrogen) atoms. The molecule has 5 heteroatoms. The van der Waals surface area contributed by atoms with Gasteiger partial charge in [-0.1, -0.05) is 0 Å². The highest BCUT2D eigenvalue weighted by molar-refractivity contribution is 7.99. The summed E-state index contributed by atoms with van der Waals surface area (Å²) in [6, 6.07) is 5.32. The van der Waals surface area contributed by atoms with E-state index < -0.39 is 0 Å². The fourth-order valence-corrected chi connectivity index (χ4v) is 3.69. The van der Waals surface area contributed by atoms with Gasteiger partial charge in [-0.05, 0) is 42.9 Å². The summed E-state index contributed by atoms with van der Waals surface area (Å²) < 4.78 is 15.6. The van der Waals surface area contributed by atoms with E-state index in [0.29, 0.717) is 0 Å². The van der Waals surface area contributed by atoms with Gasteiger partial charge in [0.1, 0.15) is 5.82 Å². The highest BCUT2D eigenvalue weighted by atomic mass is 32.2. The van der Waals surface area contributed by atoms with Crippen molar-refractivity contribution >= 4 is 11.8 Å². The van der Waals surface area contributed by atoms with Gasteiger partial charge in [0.25, 0.3) is 0 Å². The van der Waals surface area contributed by atoms with E-state index in [1.165, 1.54) is 10.6 Å². The number of benzene rings is 1. The zero-order valence-corrected chi connectivity index (χ0v) is 12.3. The summed E-state index contributed by atoms with van der Waals surface area (Å²) in [6.07, 6.45) is 4.77. The van der Waals surface area contributed by atoms with Crippen LogP contribution in [0, 0.1) is 5.82 Å². The molecule has 3 nitrogen and oxygen atoms in total. The molecule has 106 valence electrons. The third-order valence-electron chi connectivity index (χ3n) is 3.68. The smallest absolute Gasteiger partial charge is 0.123 e. The number of fused-ring (bicyclic) bond motifs is 1. The van der Waals surface area contributed by atoms with Gasteiger partial charge in [0.15, 0.2) is 0 Å². The Kier molecular flexibility index (Phi) is 4.08. The van der Waals surface area contributed by atoms with Gasteiger partial charge in [0.05, 0.1) is 12.0 Å². The van der Waals surface area contributed by atoms with E-state index in [0.717, 1.165) is 30.8 Å². The molecule has 1 aliphatic rings. The Hall–Kier alpha value is -1.33. The molecule has 0 spiro atoms. The fourth-order valence-electron chi connectivity index (χ4n) is 2.59. The molecule has 0 radical (unpaired) electrons. The number of aryl methyl sites for hydroxylation is 1. The normalized spacial score (nSPS) is 18.0. The van der Waals surface area contributed by atoms with Crippen molar-refractivity contribution in [3.05, 3.63) is 47.8 Å². The number of imidazole rings is 1. The van der Waals surface area contributed by atoms with Crippen LogP contribution in [0.5, 0.6) is 0 Å². The minimum atomic E-state index is -0.156. The summed E-state index contributed by atoms with van der Waals surface area (Å²) in [5, 5.41) is 3.54. The molecule has 0 amide bonds. The Balaban J connectivity index is 1.75. The minimum Gasteiger partial charge on any atom is -0.334 e. The van der Waals surface area contributed by atoms with Crippen LogP contribution in [-0.2, 0) is 13.1 Å². The second-order valence-corrected chi connectivity index (χ2v) is 6.06. The van der Waals surface area contributed by atoms with Gasteiger partial charge in [0, 0.05) is 30.2 Å². The summed E-state index contributed by atoms with van der Waals surface area (Å²) in [6.45, 7) is 3.79. The number of hydrogen-bond donors (Lipinski definition) is 1. The molecular weight excluding hydrogens is 273 g/mol. The molecule has 1 unspecified atom stereocenters. The molecule has 2 heterocycles. The molecule has 0 aliphatic carbocycles. The summed E-state index contributed by atoms with van der Waals surface area (Å²) in [5.74, 6) is 0.917. The van der Waals surface area contributed by atoms with Crippen LogP contribution in [0.4, 0.5) is 4.39 Å². The van der Waals surface area contributed by atoms with E-state index in [4.69, 9.17) is 0 Å². The van der Waals surface area contributed by atoms with E-state index in [2.05, 4.69) is 21.8 Å². The topological polar surface area (TPSA) is 29.9 Å². The Bertz CT molecular complexity index is 597. The van der Waals surface area contributed by atoms with Gasteiger partial charge >= 0.3 is 0 Å². The number of nitrogens with zero attached hydrogens (tertiary/aromatic N) is 2. The fraction of sp³-hybridized carbons (Fsp3) is 0.400. The average Bonchev–Trinajstić information content (AvgIpc) is 2.92. The predicted octanol–water partition coefficient (Wildman–Crippen LogP) is 3.37. The number of aromatic nitrogens is 2. The average molecular weight is 291 g/mol. The van der Waals surface area contributed by atoms with E-state index >= 15 is 0 Å². The van der Waals surface area contributed by atoms with E-state index in [9.17, 15) is 4.39 Å². The van der Waals surface area contributed by atoms with Gasteiger partial charge in [-0.15, -0.1) is 11.8 Å². The number of halogens is 1. The van der Waals surface area contributed by atoms with Crippen LogP contribution in [0.1, 0.15) is 30.6 Å². The summed E-state index contributed by atoms with van der Waals surface area (Å²) in [5.41, 5.74) is 2.26. The van der Waals surface area contributed by atoms with Gasteiger partial charge in [-0.25, -0.2) is 9.37 Å². The van der Waals surface area contributed by atoms with Crippen LogP contribution in [-0.4, -0.2) is 15.3 Å². The van der Waals surface area contributed by atoms with E-state index in [-0.39, 0.29) is 11.9 Å². The third-order valence-corrected chi connectivity index (χ3v) is 4.80. The van der Waals surface area contributed by atoms with Crippen LogP contribution in [0.15, 0.2) is 35.6 Å². The molecule has 1 aliphatic heterocycles. The van der Waals surface area contributed by atoms with Crippen molar-refractivity contribution < 1.29 is 4.39 Å². The van der Waals surface area contributed by atoms with Crippen molar-refractivity contribution in [1.82, 2.24) is 14.9 Å². The number of rotatable bonds is 4. The number of thioether (sulfide) groups is 1. The molecule has 1 aromatic carbocycles. The first-order valence-corrected chi connectivity index (χ1v) is 7.91. The Morgan fingerprint density at radius 3 is 3.25 bits per heavy atom. The molecule has 0 saturated heterocycles. The highest BCUT2D eigenvalue weighted by Gasteiger charge is 2.21. The van der Waals surface area contributed by atoms with Crippen molar-refractivity contribution in [2.45, 2.75) is 37.4 Å². The molecule has 1 aromatic heterocycles. The molecule has 0 saturated carbocycles. The van der Waals surface area contributed by atoms with Crippen LogP contribution >= 0.6 is 11.8 Å².